The quantitative estimate of drug-likeness (QED) is 0.355. The molecular weight excluding hydrogens is 448 g/mol. The molecule has 0 fully saturated rings. The van der Waals surface area contributed by atoms with Gasteiger partial charge in [0.15, 0.2) is 5.16 Å². The lowest BCUT2D eigenvalue weighted by Crippen LogP contribution is -2.28. The smallest absolute Gasteiger partial charge is 0.369 e. The number of thioether (sulfide) groups is 1. The van der Waals surface area contributed by atoms with Gasteiger partial charge in [-0.3, -0.25) is 14.2 Å². The first kappa shape index (κ1) is 22.7. The SMILES string of the molecule is CC(Sc1nc2ccccc2c(=O)n1-c1cc(C(F)(F)F)ccc1C(F)(F)F)C(N)=O. The fraction of sp³-hybridized carbons (Fsp3) is 0.211. The van der Waals surface area contributed by atoms with Crippen LogP contribution in [0.5, 0.6) is 0 Å². The number of para-hydroxylation sites is 1. The van der Waals surface area contributed by atoms with Crippen LogP contribution in [0.3, 0.4) is 0 Å². The number of benzene rings is 2. The minimum absolute atomic E-state index is 0.100. The standard InChI is InChI=1S/C19H13F6N3O2S/c1-9(15(26)29)31-17-27-13-5-3-2-4-11(13)16(30)28(17)14-8-10(18(20,21)22)6-7-12(14)19(23,24)25/h2-9H,1H3,(H2,26,29). The zero-order valence-corrected chi connectivity index (χ0v) is 16.4. The Hall–Kier alpha value is -3.02. The third-order valence-electron chi connectivity index (χ3n) is 4.30. The summed E-state index contributed by atoms with van der Waals surface area (Å²) in [7, 11) is 0. The number of aromatic nitrogens is 2. The monoisotopic (exact) mass is 461 g/mol. The lowest BCUT2D eigenvalue weighted by Gasteiger charge is -2.20. The van der Waals surface area contributed by atoms with Gasteiger partial charge in [-0.15, -0.1) is 0 Å². The summed E-state index contributed by atoms with van der Waals surface area (Å²) in [5.41, 5.74) is 0.386. The molecule has 0 aliphatic rings. The van der Waals surface area contributed by atoms with E-state index in [9.17, 15) is 35.9 Å². The highest BCUT2D eigenvalue weighted by Gasteiger charge is 2.38. The number of nitrogens with zero attached hydrogens (tertiary/aromatic N) is 2. The van der Waals surface area contributed by atoms with Crippen LogP contribution in [-0.2, 0) is 17.1 Å². The van der Waals surface area contributed by atoms with Crippen LogP contribution in [0.1, 0.15) is 18.1 Å². The molecule has 1 atom stereocenters. The molecule has 1 heterocycles. The van der Waals surface area contributed by atoms with Crippen molar-refractivity contribution in [2.45, 2.75) is 29.7 Å². The van der Waals surface area contributed by atoms with Crippen LogP contribution >= 0.6 is 11.8 Å². The molecule has 2 aromatic carbocycles. The molecule has 164 valence electrons. The number of nitrogens with two attached hydrogens (primary N) is 1. The van der Waals surface area contributed by atoms with Crippen molar-refractivity contribution in [2.75, 3.05) is 0 Å². The number of halogens is 6. The predicted octanol–water partition coefficient (Wildman–Crippen LogP) is 4.39. The number of rotatable bonds is 4. The normalized spacial score (nSPS) is 13.4. The topological polar surface area (TPSA) is 78.0 Å². The predicted molar refractivity (Wildman–Crippen MR) is 102 cm³/mol. The summed E-state index contributed by atoms with van der Waals surface area (Å²) in [6, 6.07) is 6.43. The molecule has 12 heteroatoms. The van der Waals surface area contributed by atoms with E-state index in [2.05, 4.69) is 4.98 Å². The summed E-state index contributed by atoms with van der Waals surface area (Å²) >= 11 is 0.564. The molecule has 3 rings (SSSR count). The van der Waals surface area contributed by atoms with Crippen LogP contribution in [-0.4, -0.2) is 20.7 Å². The van der Waals surface area contributed by atoms with Crippen molar-refractivity contribution in [3.8, 4) is 5.69 Å². The Morgan fingerprint density at radius 1 is 1.06 bits per heavy atom. The third kappa shape index (κ3) is 4.53. The van der Waals surface area contributed by atoms with Gasteiger partial charge in [0, 0.05) is 0 Å². The number of amides is 1. The summed E-state index contributed by atoms with van der Waals surface area (Å²) in [5.74, 6) is -0.848. The zero-order chi connectivity index (χ0) is 23.1. The Labute approximate surface area is 174 Å². The van der Waals surface area contributed by atoms with Crippen molar-refractivity contribution < 1.29 is 31.1 Å². The first-order chi connectivity index (χ1) is 14.3. The molecule has 0 bridgehead atoms. The highest BCUT2D eigenvalue weighted by molar-refractivity contribution is 8.00. The molecule has 1 unspecified atom stereocenters. The maximum absolute atomic E-state index is 13.6. The lowest BCUT2D eigenvalue weighted by atomic mass is 10.1. The second-order valence-electron chi connectivity index (χ2n) is 6.44. The largest absolute Gasteiger partial charge is 0.418 e. The summed E-state index contributed by atoms with van der Waals surface area (Å²) < 4.78 is 81.0. The maximum Gasteiger partial charge on any atom is 0.418 e. The Morgan fingerprint density at radius 3 is 2.29 bits per heavy atom. The van der Waals surface area contributed by atoms with Gasteiger partial charge in [0.2, 0.25) is 5.91 Å². The Bertz CT molecular complexity index is 1220. The van der Waals surface area contributed by atoms with Crippen molar-refractivity contribution in [1.29, 1.82) is 0 Å². The van der Waals surface area contributed by atoms with Crippen LogP contribution in [0.4, 0.5) is 26.3 Å². The second-order valence-corrected chi connectivity index (χ2v) is 7.75. The molecule has 0 radical (unpaired) electrons. The third-order valence-corrected chi connectivity index (χ3v) is 5.37. The maximum atomic E-state index is 13.6. The zero-order valence-electron chi connectivity index (χ0n) is 15.6. The van der Waals surface area contributed by atoms with Crippen molar-refractivity contribution in [3.05, 3.63) is 63.9 Å². The molecule has 1 amide bonds. The number of hydrogen-bond donors (Lipinski definition) is 1. The number of hydrogen-bond acceptors (Lipinski definition) is 4. The van der Waals surface area contributed by atoms with Crippen molar-refractivity contribution in [2.24, 2.45) is 5.73 Å². The number of carbonyl (C=O) groups is 1. The first-order valence-electron chi connectivity index (χ1n) is 8.57. The molecule has 0 aliphatic heterocycles. The molecule has 0 spiro atoms. The molecule has 31 heavy (non-hydrogen) atoms. The van der Waals surface area contributed by atoms with Gasteiger partial charge in [0.1, 0.15) is 0 Å². The van der Waals surface area contributed by atoms with E-state index in [1.54, 1.807) is 0 Å². The summed E-state index contributed by atoms with van der Waals surface area (Å²) in [6.45, 7) is 1.33. The van der Waals surface area contributed by atoms with Gasteiger partial charge >= 0.3 is 12.4 Å². The Balaban J connectivity index is 2.44. The van der Waals surface area contributed by atoms with Crippen molar-refractivity contribution in [3.63, 3.8) is 0 Å². The van der Waals surface area contributed by atoms with E-state index in [0.29, 0.717) is 16.3 Å². The summed E-state index contributed by atoms with van der Waals surface area (Å²) in [6.07, 6.45) is -10.0. The number of fused-ring (bicyclic) bond motifs is 1. The molecule has 3 aromatic rings. The van der Waals surface area contributed by atoms with E-state index < -0.39 is 51.0 Å². The fourth-order valence-corrected chi connectivity index (χ4v) is 3.62. The van der Waals surface area contributed by atoms with Crippen LogP contribution in [0.25, 0.3) is 16.6 Å². The minimum atomic E-state index is -5.07. The van der Waals surface area contributed by atoms with Crippen molar-refractivity contribution >= 4 is 28.6 Å². The van der Waals surface area contributed by atoms with Crippen LogP contribution in [0.2, 0.25) is 0 Å². The van der Waals surface area contributed by atoms with E-state index in [4.69, 9.17) is 5.73 Å². The summed E-state index contributed by atoms with van der Waals surface area (Å²) in [5, 5.41) is -1.54. The van der Waals surface area contributed by atoms with Crippen LogP contribution in [0, 0.1) is 0 Å². The molecule has 0 saturated carbocycles. The van der Waals surface area contributed by atoms with Gasteiger partial charge in [0.25, 0.3) is 5.56 Å². The molecular formula is C19H13F6N3O2S. The van der Waals surface area contributed by atoms with E-state index >= 15 is 0 Å². The molecule has 5 nitrogen and oxygen atoms in total. The average molecular weight is 461 g/mol. The van der Waals surface area contributed by atoms with E-state index in [1.807, 2.05) is 0 Å². The minimum Gasteiger partial charge on any atom is -0.369 e. The number of carbonyl (C=O) groups excluding carboxylic acids is 1. The van der Waals surface area contributed by atoms with E-state index in [-0.39, 0.29) is 29.1 Å². The van der Waals surface area contributed by atoms with Gasteiger partial charge in [-0.1, -0.05) is 23.9 Å². The average Bonchev–Trinajstić information content (AvgIpc) is 2.66. The first-order valence-corrected chi connectivity index (χ1v) is 9.45. The highest BCUT2D eigenvalue weighted by atomic mass is 32.2. The summed E-state index contributed by atoms with van der Waals surface area (Å²) in [4.78, 5) is 28.7. The van der Waals surface area contributed by atoms with Gasteiger partial charge in [0.05, 0.1) is 33.0 Å². The molecule has 2 N–H and O–H groups in total. The van der Waals surface area contributed by atoms with Crippen molar-refractivity contribution in [1.82, 2.24) is 9.55 Å². The fourth-order valence-electron chi connectivity index (χ4n) is 2.75. The Morgan fingerprint density at radius 2 is 1.71 bits per heavy atom. The molecule has 0 saturated heterocycles. The van der Waals surface area contributed by atoms with Gasteiger partial charge in [-0.05, 0) is 37.3 Å². The lowest BCUT2D eigenvalue weighted by molar-refractivity contribution is -0.141. The molecule has 1 aromatic heterocycles. The second kappa shape index (κ2) is 7.91. The van der Waals surface area contributed by atoms with E-state index in [0.717, 1.165) is 0 Å². The number of primary amides is 1. The number of alkyl halides is 6. The Kier molecular flexibility index (Phi) is 5.78. The van der Waals surface area contributed by atoms with Gasteiger partial charge in [-0.2, -0.15) is 26.3 Å². The highest BCUT2D eigenvalue weighted by Crippen LogP contribution is 2.39. The molecule has 0 aliphatic carbocycles. The van der Waals surface area contributed by atoms with Crippen LogP contribution in [0.15, 0.2) is 52.4 Å². The van der Waals surface area contributed by atoms with Gasteiger partial charge in [-0.25, -0.2) is 4.98 Å². The van der Waals surface area contributed by atoms with Crippen LogP contribution < -0.4 is 11.3 Å². The van der Waals surface area contributed by atoms with Gasteiger partial charge < -0.3 is 5.73 Å². The van der Waals surface area contributed by atoms with E-state index in [1.165, 1.54) is 31.2 Å².